The van der Waals surface area contributed by atoms with Gasteiger partial charge >= 0.3 is 12.1 Å². The van der Waals surface area contributed by atoms with Crippen molar-refractivity contribution in [3.05, 3.63) is 94.5 Å². The topological polar surface area (TPSA) is 66.8 Å². The van der Waals surface area contributed by atoms with Gasteiger partial charge in [0.1, 0.15) is 12.6 Å². The second-order valence-electron chi connectivity index (χ2n) is 7.60. The highest BCUT2D eigenvalue weighted by Gasteiger charge is 2.32. The molecule has 0 spiro atoms. The van der Waals surface area contributed by atoms with Gasteiger partial charge in [0, 0.05) is 24.4 Å². The van der Waals surface area contributed by atoms with Crippen molar-refractivity contribution in [2.24, 2.45) is 0 Å². The summed E-state index contributed by atoms with van der Waals surface area (Å²) in [5.74, 6) is -1.17. The lowest BCUT2D eigenvalue weighted by atomic mass is 9.98. The fourth-order valence-electron chi connectivity index (χ4n) is 4.06. The van der Waals surface area contributed by atoms with E-state index in [9.17, 15) is 14.7 Å². The average molecular weight is 436 g/mol. The maximum atomic E-state index is 12.7. The number of carboxylic acid groups (broad SMARTS) is 1. The van der Waals surface area contributed by atoms with Gasteiger partial charge in [-0.3, -0.25) is 4.90 Å². The first kappa shape index (κ1) is 20.9. The van der Waals surface area contributed by atoms with Crippen LogP contribution in [0.15, 0.2) is 72.8 Å². The number of rotatable bonds is 6. The Bertz CT molecular complexity index is 1070. The zero-order valence-electron chi connectivity index (χ0n) is 17.0. The number of ether oxygens (including phenoxy) is 1. The first-order chi connectivity index (χ1) is 15.0. The number of amides is 1. The van der Waals surface area contributed by atoms with Gasteiger partial charge in [-0.15, -0.1) is 0 Å². The molecular weight excluding hydrogens is 414 g/mol. The first-order valence-electron chi connectivity index (χ1n) is 10.0. The van der Waals surface area contributed by atoms with E-state index in [1.165, 1.54) is 7.05 Å². The van der Waals surface area contributed by atoms with E-state index in [1.54, 1.807) is 24.3 Å². The Balaban J connectivity index is 1.47. The van der Waals surface area contributed by atoms with Gasteiger partial charge in [-0.2, -0.15) is 0 Å². The van der Waals surface area contributed by atoms with E-state index < -0.39 is 18.1 Å². The molecule has 1 aliphatic rings. The summed E-state index contributed by atoms with van der Waals surface area (Å²) in [6.07, 6.45) is -0.504. The van der Waals surface area contributed by atoms with Crippen molar-refractivity contribution >= 4 is 23.7 Å². The van der Waals surface area contributed by atoms with E-state index in [0.717, 1.165) is 32.7 Å². The van der Waals surface area contributed by atoms with Crippen LogP contribution in [-0.4, -0.2) is 41.8 Å². The number of carbonyl (C=O) groups excluding carboxylic acids is 1. The monoisotopic (exact) mass is 435 g/mol. The molecule has 0 unspecified atom stereocenters. The Hall–Kier alpha value is -3.31. The molecule has 0 saturated carbocycles. The van der Waals surface area contributed by atoms with Gasteiger partial charge in [0.15, 0.2) is 0 Å². The SMILES string of the molecule is CN(C(=O)OCC1c2ccccc2-c2ccccc21)[C@H](Cc1ccc(Cl)cc1)C(=O)O. The van der Waals surface area contributed by atoms with Crippen LogP contribution in [0.3, 0.4) is 0 Å². The van der Waals surface area contributed by atoms with Gasteiger partial charge in [0.05, 0.1) is 0 Å². The molecule has 1 atom stereocenters. The third kappa shape index (κ3) is 4.28. The molecule has 31 heavy (non-hydrogen) atoms. The van der Waals surface area contributed by atoms with E-state index >= 15 is 0 Å². The molecule has 158 valence electrons. The molecule has 0 aliphatic heterocycles. The molecule has 5 nitrogen and oxygen atoms in total. The van der Waals surface area contributed by atoms with Crippen molar-refractivity contribution in [1.82, 2.24) is 4.90 Å². The average Bonchev–Trinajstić information content (AvgIpc) is 3.10. The number of carbonyl (C=O) groups is 2. The highest BCUT2D eigenvalue weighted by Crippen LogP contribution is 2.44. The predicted molar refractivity (Wildman–Crippen MR) is 119 cm³/mol. The van der Waals surface area contributed by atoms with Gasteiger partial charge in [-0.25, -0.2) is 9.59 Å². The van der Waals surface area contributed by atoms with Crippen molar-refractivity contribution in [2.45, 2.75) is 18.4 Å². The molecule has 6 heteroatoms. The Kier molecular flexibility index (Phi) is 5.96. The number of benzene rings is 3. The molecule has 0 saturated heterocycles. The van der Waals surface area contributed by atoms with Crippen LogP contribution < -0.4 is 0 Å². The minimum absolute atomic E-state index is 0.0794. The normalized spacial score (nSPS) is 13.2. The zero-order valence-corrected chi connectivity index (χ0v) is 17.8. The number of hydrogen-bond donors (Lipinski definition) is 1. The van der Waals surface area contributed by atoms with Crippen LogP contribution in [0.2, 0.25) is 5.02 Å². The largest absolute Gasteiger partial charge is 0.480 e. The summed E-state index contributed by atoms with van der Waals surface area (Å²) in [5, 5.41) is 10.2. The van der Waals surface area contributed by atoms with Crippen LogP contribution in [0.4, 0.5) is 4.79 Å². The standard InChI is InChI=1S/C25H22ClNO4/c1-27(23(24(28)29)14-16-10-12-17(26)13-11-16)25(30)31-15-22-20-8-4-2-6-18(20)19-7-3-5-9-21(19)22/h2-13,22-23H,14-15H2,1H3,(H,28,29)/t23-/m1/s1. The number of carboxylic acids is 1. The molecule has 1 N–H and O–H groups in total. The summed E-state index contributed by atoms with van der Waals surface area (Å²) in [6.45, 7) is 0.143. The van der Waals surface area contributed by atoms with Gasteiger partial charge in [0.25, 0.3) is 0 Å². The molecule has 3 aromatic rings. The van der Waals surface area contributed by atoms with Crippen molar-refractivity contribution in [3.8, 4) is 11.1 Å². The van der Waals surface area contributed by atoms with E-state index in [4.69, 9.17) is 16.3 Å². The Morgan fingerprint density at radius 1 is 0.968 bits per heavy atom. The van der Waals surface area contributed by atoms with Crippen molar-refractivity contribution in [1.29, 1.82) is 0 Å². The molecule has 1 amide bonds. The highest BCUT2D eigenvalue weighted by molar-refractivity contribution is 6.30. The summed E-state index contributed by atoms with van der Waals surface area (Å²) in [5.41, 5.74) is 5.26. The molecule has 0 radical (unpaired) electrons. The maximum absolute atomic E-state index is 12.7. The smallest absolute Gasteiger partial charge is 0.410 e. The molecule has 0 aromatic heterocycles. The highest BCUT2D eigenvalue weighted by atomic mass is 35.5. The van der Waals surface area contributed by atoms with Crippen molar-refractivity contribution < 1.29 is 19.4 Å². The zero-order chi connectivity index (χ0) is 22.0. The van der Waals surface area contributed by atoms with E-state index in [2.05, 4.69) is 12.1 Å². The molecule has 4 rings (SSSR count). The lowest BCUT2D eigenvalue weighted by molar-refractivity contribution is -0.142. The first-order valence-corrected chi connectivity index (χ1v) is 10.4. The molecule has 3 aromatic carbocycles. The fourth-order valence-corrected chi connectivity index (χ4v) is 4.18. The molecule has 0 fully saturated rings. The van der Waals surface area contributed by atoms with Gasteiger partial charge in [-0.1, -0.05) is 72.3 Å². The summed E-state index contributed by atoms with van der Waals surface area (Å²) in [4.78, 5) is 25.7. The number of fused-ring (bicyclic) bond motifs is 3. The van der Waals surface area contributed by atoms with Crippen LogP contribution in [0.25, 0.3) is 11.1 Å². The molecule has 0 heterocycles. The minimum Gasteiger partial charge on any atom is -0.480 e. The predicted octanol–water partition coefficient (Wildman–Crippen LogP) is 5.22. The van der Waals surface area contributed by atoms with E-state index in [0.29, 0.717) is 5.02 Å². The number of likely N-dealkylation sites (N-methyl/N-ethyl adjacent to an activating group) is 1. The number of aliphatic carboxylic acids is 1. The second-order valence-corrected chi connectivity index (χ2v) is 8.04. The number of halogens is 1. The van der Waals surface area contributed by atoms with Crippen LogP contribution in [0.5, 0.6) is 0 Å². The third-order valence-corrected chi connectivity index (χ3v) is 5.97. The van der Waals surface area contributed by atoms with Gasteiger partial charge in [0.2, 0.25) is 0 Å². The van der Waals surface area contributed by atoms with Crippen LogP contribution in [0.1, 0.15) is 22.6 Å². The van der Waals surface area contributed by atoms with E-state index in [1.807, 2.05) is 36.4 Å². The quantitative estimate of drug-likeness (QED) is 0.576. The summed E-state index contributed by atoms with van der Waals surface area (Å²) in [6, 6.07) is 22.0. The lowest BCUT2D eigenvalue weighted by Crippen LogP contribution is -2.44. The fraction of sp³-hybridized carbons (Fsp3) is 0.200. The summed E-state index contributed by atoms with van der Waals surface area (Å²) in [7, 11) is 1.45. The molecule has 0 bridgehead atoms. The summed E-state index contributed by atoms with van der Waals surface area (Å²) >= 11 is 5.90. The van der Waals surface area contributed by atoms with Crippen LogP contribution >= 0.6 is 11.6 Å². The summed E-state index contributed by atoms with van der Waals surface area (Å²) < 4.78 is 5.59. The Morgan fingerprint density at radius 2 is 1.52 bits per heavy atom. The van der Waals surface area contributed by atoms with Gasteiger partial charge < -0.3 is 9.84 Å². The Morgan fingerprint density at radius 3 is 2.06 bits per heavy atom. The molecule has 1 aliphatic carbocycles. The number of nitrogens with zero attached hydrogens (tertiary/aromatic N) is 1. The third-order valence-electron chi connectivity index (χ3n) is 5.72. The van der Waals surface area contributed by atoms with Crippen LogP contribution in [-0.2, 0) is 16.0 Å². The number of hydrogen-bond acceptors (Lipinski definition) is 3. The second kappa shape index (κ2) is 8.82. The molecular formula is C25H22ClNO4. The van der Waals surface area contributed by atoms with Crippen molar-refractivity contribution in [2.75, 3.05) is 13.7 Å². The van der Waals surface area contributed by atoms with Crippen molar-refractivity contribution in [3.63, 3.8) is 0 Å². The minimum atomic E-state index is -1.09. The lowest BCUT2D eigenvalue weighted by Gasteiger charge is -2.25. The Labute approximate surface area is 185 Å². The van der Waals surface area contributed by atoms with E-state index in [-0.39, 0.29) is 18.9 Å². The van der Waals surface area contributed by atoms with Crippen LogP contribution in [0, 0.1) is 0 Å². The maximum Gasteiger partial charge on any atom is 0.410 e. The van der Waals surface area contributed by atoms with Gasteiger partial charge in [-0.05, 0) is 39.9 Å².